The van der Waals surface area contributed by atoms with E-state index in [1.165, 1.54) is 22.6 Å². The van der Waals surface area contributed by atoms with Crippen LogP contribution in [-0.2, 0) is 21.3 Å². The summed E-state index contributed by atoms with van der Waals surface area (Å²) >= 11 is 11.8. The Morgan fingerprint density at radius 2 is 2.15 bits per heavy atom. The highest BCUT2D eigenvalue weighted by molar-refractivity contribution is 6.41. The summed E-state index contributed by atoms with van der Waals surface area (Å²) in [4.78, 5) is 25.4. The SMILES string of the molecule is COC(=O)C1CN(C(=O)c2cc(Cl)c(Cl)n2C)CCO1. The van der Waals surface area contributed by atoms with Crippen LogP contribution in [0.25, 0.3) is 0 Å². The highest BCUT2D eigenvalue weighted by atomic mass is 35.5. The Labute approximate surface area is 126 Å². The Kier molecular flexibility index (Phi) is 4.57. The average molecular weight is 321 g/mol. The van der Waals surface area contributed by atoms with Gasteiger partial charge in [-0.05, 0) is 6.07 Å². The quantitative estimate of drug-likeness (QED) is 0.772. The molecular weight excluding hydrogens is 307 g/mol. The number of amides is 1. The Morgan fingerprint density at radius 1 is 1.45 bits per heavy atom. The summed E-state index contributed by atoms with van der Waals surface area (Å²) in [6.07, 6.45) is -0.760. The molecular formula is C12H14Cl2N2O4. The minimum atomic E-state index is -0.760. The maximum atomic E-state index is 12.4. The molecule has 1 aliphatic rings. The van der Waals surface area contributed by atoms with E-state index in [0.717, 1.165) is 0 Å². The van der Waals surface area contributed by atoms with Crippen LogP contribution in [0.5, 0.6) is 0 Å². The van der Waals surface area contributed by atoms with E-state index in [1.807, 2.05) is 0 Å². The van der Waals surface area contributed by atoms with Gasteiger partial charge in [-0.25, -0.2) is 4.79 Å². The molecule has 1 unspecified atom stereocenters. The second-order valence-electron chi connectivity index (χ2n) is 4.36. The molecule has 110 valence electrons. The van der Waals surface area contributed by atoms with Crippen LogP contribution in [0.4, 0.5) is 0 Å². The van der Waals surface area contributed by atoms with Gasteiger partial charge in [0.05, 0.1) is 25.3 Å². The third kappa shape index (κ3) is 2.77. The van der Waals surface area contributed by atoms with Crippen LogP contribution in [0.3, 0.4) is 0 Å². The first kappa shape index (κ1) is 15.2. The van der Waals surface area contributed by atoms with Crippen LogP contribution in [0, 0.1) is 0 Å². The molecule has 1 amide bonds. The number of methoxy groups -OCH3 is 1. The van der Waals surface area contributed by atoms with E-state index in [4.69, 9.17) is 27.9 Å². The smallest absolute Gasteiger partial charge is 0.336 e. The Bertz CT molecular complexity index is 544. The van der Waals surface area contributed by atoms with Gasteiger partial charge < -0.3 is 18.9 Å². The Morgan fingerprint density at radius 3 is 2.70 bits per heavy atom. The molecule has 0 N–H and O–H groups in total. The molecule has 1 atom stereocenters. The first-order chi connectivity index (χ1) is 9.45. The molecule has 0 bridgehead atoms. The third-order valence-corrected chi connectivity index (χ3v) is 4.00. The molecule has 6 nitrogen and oxygen atoms in total. The van der Waals surface area contributed by atoms with Crippen molar-refractivity contribution in [1.82, 2.24) is 9.47 Å². The van der Waals surface area contributed by atoms with Gasteiger partial charge in [-0.2, -0.15) is 0 Å². The molecule has 0 spiro atoms. The molecule has 0 aromatic carbocycles. The minimum Gasteiger partial charge on any atom is -0.467 e. The number of nitrogens with zero attached hydrogens (tertiary/aromatic N) is 2. The van der Waals surface area contributed by atoms with Gasteiger partial charge in [-0.3, -0.25) is 4.79 Å². The first-order valence-corrected chi connectivity index (χ1v) is 6.70. The van der Waals surface area contributed by atoms with Crippen molar-refractivity contribution in [2.24, 2.45) is 7.05 Å². The topological polar surface area (TPSA) is 60.8 Å². The summed E-state index contributed by atoms with van der Waals surface area (Å²) in [7, 11) is 2.93. The molecule has 20 heavy (non-hydrogen) atoms. The zero-order valence-electron chi connectivity index (χ0n) is 11.1. The molecule has 1 aromatic rings. The fourth-order valence-corrected chi connectivity index (χ4v) is 2.39. The number of halogens is 2. The number of hydrogen-bond donors (Lipinski definition) is 0. The number of esters is 1. The summed E-state index contributed by atoms with van der Waals surface area (Å²) in [5.41, 5.74) is 0.366. The van der Waals surface area contributed by atoms with E-state index in [-0.39, 0.29) is 19.1 Å². The van der Waals surface area contributed by atoms with E-state index in [0.29, 0.717) is 22.4 Å². The zero-order valence-corrected chi connectivity index (χ0v) is 12.6. The van der Waals surface area contributed by atoms with Crippen LogP contribution in [-0.4, -0.2) is 54.3 Å². The number of ether oxygens (including phenoxy) is 2. The van der Waals surface area contributed by atoms with Crippen molar-refractivity contribution < 1.29 is 19.1 Å². The van der Waals surface area contributed by atoms with Gasteiger partial charge in [-0.1, -0.05) is 23.2 Å². The Balaban J connectivity index is 2.16. The van der Waals surface area contributed by atoms with E-state index in [1.54, 1.807) is 7.05 Å². The van der Waals surface area contributed by atoms with E-state index in [2.05, 4.69) is 4.74 Å². The molecule has 0 saturated carbocycles. The van der Waals surface area contributed by atoms with Gasteiger partial charge in [-0.15, -0.1) is 0 Å². The van der Waals surface area contributed by atoms with Crippen molar-refractivity contribution in [3.63, 3.8) is 0 Å². The van der Waals surface area contributed by atoms with Gasteiger partial charge in [0.25, 0.3) is 5.91 Å². The lowest BCUT2D eigenvalue weighted by Crippen LogP contribution is -2.49. The van der Waals surface area contributed by atoms with Crippen molar-refractivity contribution in [1.29, 1.82) is 0 Å². The second kappa shape index (κ2) is 6.03. The number of carbonyl (C=O) groups is 2. The minimum absolute atomic E-state index is 0.145. The van der Waals surface area contributed by atoms with Gasteiger partial charge in [0.2, 0.25) is 0 Å². The number of rotatable bonds is 2. The number of carbonyl (C=O) groups excluding carboxylic acids is 2. The predicted octanol–water partition coefficient (Wildman–Crippen LogP) is 1.35. The van der Waals surface area contributed by atoms with Gasteiger partial charge in [0, 0.05) is 13.6 Å². The summed E-state index contributed by atoms with van der Waals surface area (Å²) in [6.45, 7) is 0.816. The molecule has 0 radical (unpaired) electrons. The van der Waals surface area contributed by atoms with Gasteiger partial charge in [0.15, 0.2) is 6.10 Å². The fourth-order valence-electron chi connectivity index (χ4n) is 2.02. The van der Waals surface area contributed by atoms with Gasteiger partial charge >= 0.3 is 5.97 Å². The van der Waals surface area contributed by atoms with E-state index in [9.17, 15) is 9.59 Å². The molecule has 2 heterocycles. The zero-order chi connectivity index (χ0) is 14.9. The van der Waals surface area contributed by atoms with Crippen LogP contribution < -0.4 is 0 Å². The number of hydrogen-bond acceptors (Lipinski definition) is 4. The standard InChI is InChI=1S/C12H14Cl2N2O4/c1-15-8(5-7(13)10(15)14)11(17)16-3-4-20-9(6-16)12(18)19-2/h5,9H,3-4,6H2,1-2H3. The van der Waals surface area contributed by atoms with Gasteiger partial charge in [0.1, 0.15) is 10.8 Å². The maximum absolute atomic E-state index is 12.4. The highest BCUT2D eigenvalue weighted by Gasteiger charge is 2.31. The summed E-state index contributed by atoms with van der Waals surface area (Å²) in [6, 6.07) is 1.51. The summed E-state index contributed by atoms with van der Waals surface area (Å²) < 4.78 is 11.4. The lowest BCUT2D eigenvalue weighted by molar-refractivity contribution is -0.158. The van der Waals surface area contributed by atoms with E-state index < -0.39 is 12.1 Å². The second-order valence-corrected chi connectivity index (χ2v) is 5.13. The summed E-state index contributed by atoms with van der Waals surface area (Å²) in [5, 5.41) is 0.614. The lowest BCUT2D eigenvalue weighted by Gasteiger charge is -2.31. The van der Waals surface area contributed by atoms with Crippen LogP contribution in [0.2, 0.25) is 10.2 Å². The monoisotopic (exact) mass is 320 g/mol. The number of aromatic nitrogens is 1. The molecule has 2 rings (SSSR count). The molecule has 1 aromatic heterocycles. The van der Waals surface area contributed by atoms with Crippen LogP contribution in [0.1, 0.15) is 10.5 Å². The summed E-state index contributed by atoms with van der Waals surface area (Å²) in [5.74, 6) is -0.746. The molecule has 1 aliphatic heterocycles. The van der Waals surface area contributed by atoms with Crippen LogP contribution >= 0.6 is 23.2 Å². The van der Waals surface area contributed by atoms with Crippen molar-refractivity contribution in [2.45, 2.75) is 6.10 Å². The largest absolute Gasteiger partial charge is 0.467 e. The van der Waals surface area contributed by atoms with Crippen molar-refractivity contribution in [2.75, 3.05) is 26.8 Å². The van der Waals surface area contributed by atoms with Crippen molar-refractivity contribution in [3.8, 4) is 0 Å². The molecule has 1 saturated heterocycles. The normalized spacial score (nSPS) is 19.0. The average Bonchev–Trinajstić information content (AvgIpc) is 2.73. The number of morpholine rings is 1. The van der Waals surface area contributed by atoms with Crippen LogP contribution in [0.15, 0.2) is 6.07 Å². The lowest BCUT2D eigenvalue weighted by atomic mass is 10.2. The fraction of sp³-hybridized carbons (Fsp3) is 0.500. The third-order valence-electron chi connectivity index (χ3n) is 3.15. The molecule has 0 aliphatic carbocycles. The first-order valence-electron chi connectivity index (χ1n) is 5.95. The highest BCUT2D eigenvalue weighted by Crippen LogP contribution is 2.26. The van der Waals surface area contributed by atoms with E-state index >= 15 is 0 Å². The predicted molar refractivity (Wildman–Crippen MR) is 73.1 cm³/mol. The Hall–Kier alpha value is -1.24. The molecule has 1 fully saturated rings. The van der Waals surface area contributed by atoms with Crippen molar-refractivity contribution >= 4 is 35.1 Å². The maximum Gasteiger partial charge on any atom is 0.336 e. The molecule has 8 heteroatoms. The van der Waals surface area contributed by atoms with Crippen molar-refractivity contribution in [3.05, 3.63) is 21.9 Å².